The predicted molar refractivity (Wildman–Crippen MR) is 76.8 cm³/mol. The molecule has 0 fully saturated rings. The first kappa shape index (κ1) is 15.9. The molecule has 0 unspecified atom stereocenters. The van der Waals surface area contributed by atoms with E-state index < -0.39 is 12.6 Å². The number of carbonyl (C=O) groups is 1. The average molecular weight is 319 g/mol. The summed E-state index contributed by atoms with van der Waals surface area (Å²) in [6, 6.07) is 1.71. The van der Waals surface area contributed by atoms with Crippen molar-refractivity contribution in [2.24, 2.45) is 0 Å². The number of nitrogens with one attached hydrogen (secondary N) is 1. The molecule has 1 aromatic heterocycles. The second-order valence-corrected chi connectivity index (χ2v) is 5.87. The van der Waals surface area contributed by atoms with Gasteiger partial charge in [-0.15, -0.1) is 11.8 Å². The topological polar surface area (TPSA) is 45.2 Å². The van der Waals surface area contributed by atoms with Crippen molar-refractivity contribution in [3.05, 3.63) is 12.3 Å². The third-order valence-electron chi connectivity index (χ3n) is 3.10. The van der Waals surface area contributed by atoms with Crippen molar-refractivity contribution in [1.29, 1.82) is 0 Å². The summed E-state index contributed by atoms with van der Waals surface area (Å²) in [6.45, 7) is 0.191. The normalized spacial score (nSPS) is 15.6. The van der Waals surface area contributed by atoms with E-state index in [1.54, 1.807) is 36.0 Å². The van der Waals surface area contributed by atoms with Gasteiger partial charge in [0.1, 0.15) is 5.82 Å². The fraction of sp³-hybridized carbons (Fsp3) is 0.538. The summed E-state index contributed by atoms with van der Waals surface area (Å²) in [6.07, 6.45) is -2.84. The molecule has 0 spiro atoms. The van der Waals surface area contributed by atoms with Gasteiger partial charge in [-0.05, 0) is 6.42 Å². The van der Waals surface area contributed by atoms with Gasteiger partial charge >= 0.3 is 6.18 Å². The quantitative estimate of drug-likeness (QED) is 0.865. The van der Waals surface area contributed by atoms with E-state index in [-0.39, 0.29) is 18.9 Å². The van der Waals surface area contributed by atoms with Crippen molar-refractivity contribution in [2.75, 3.05) is 29.6 Å². The summed E-state index contributed by atoms with van der Waals surface area (Å²) in [7, 11) is 1.69. The summed E-state index contributed by atoms with van der Waals surface area (Å²) in [4.78, 5) is 18.5. The zero-order valence-electron chi connectivity index (χ0n) is 11.5. The molecule has 116 valence electrons. The van der Waals surface area contributed by atoms with Crippen LogP contribution < -0.4 is 10.2 Å². The molecule has 0 bridgehead atoms. The van der Waals surface area contributed by atoms with Gasteiger partial charge in [-0.1, -0.05) is 0 Å². The highest BCUT2D eigenvalue weighted by Gasteiger charge is 2.26. The van der Waals surface area contributed by atoms with Gasteiger partial charge in [-0.3, -0.25) is 4.79 Å². The number of pyridine rings is 1. The molecule has 0 radical (unpaired) electrons. The molecule has 0 aromatic carbocycles. The molecule has 0 aliphatic carbocycles. The van der Waals surface area contributed by atoms with Gasteiger partial charge < -0.3 is 10.2 Å². The molecule has 1 aromatic rings. The lowest BCUT2D eigenvalue weighted by Crippen LogP contribution is -2.25. The van der Waals surface area contributed by atoms with Gasteiger partial charge in [0.05, 0.1) is 5.69 Å². The number of fused-ring (bicyclic) bond motifs is 1. The van der Waals surface area contributed by atoms with Crippen LogP contribution in [-0.2, 0) is 4.79 Å². The van der Waals surface area contributed by atoms with Gasteiger partial charge in [-0.25, -0.2) is 4.98 Å². The van der Waals surface area contributed by atoms with Crippen molar-refractivity contribution < 1.29 is 18.0 Å². The van der Waals surface area contributed by atoms with Crippen LogP contribution in [-0.4, -0.2) is 36.4 Å². The SMILES string of the molecule is CN1C(=O)CCSc2cnc(NCCCC(F)(F)F)cc21. The standard InChI is InChI=1S/C13H16F3N3OS/c1-19-9-7-11(17-5-2-4-13(14,15)16)18-8-10(9)21-6-3-12(19)20/h7-8H,2-6H2,1H3,(H,17,18). The zero-order valence-corrected chi connectivity index (χ0v) is 12.4. The number of rotatable bonds is 4. The molecule has 1 aliphatic heterocycles. The van der Waals surface area contributed by atoms with Gasteiger partial charge in [0.25, 0.3) is 0 Å². The first-order valence-electron chi connectivity index (χ1n) is 6.57. The van der Waals surface area contributed by atoms with Crippen LogP contribution in [0.2, 0.25) is 0 Å². The van der Waals surface area contributed by atoms with Crippen LogP contribution in [0.4, 0.5) is 24.7 Å². The summed E-state index contributed by atoms with van der Waals surface area (Å²) in [5.41, 5.74) is 0.746. The summed E-state index contributed by atoms with van der Waals surface area (Å²) in [5.74, 6) is 1.21. The maximum atomic E-state index is 12.1. The predicted octanol–water partition coefficient (Wildman–Crippen LogP) is 3.29. The Kier molecular flexibility index (Phi) is 4.97. The van der Waals surface area contributed by atoms with Crippen LogP contribution in [0, 0.1) is 0 Å². The number of amides is 1. The molecule has 8 heteroatoms. The number of anilines is 2. The molecule has 2 rings (SSSR count). The second kappa shape index (κ2) is 6.55. The van der Waals surface area contributed by atoms with Gasteiger partial charge in [0, 0.05) is 49.3 Å². The van der Waals surface area contributed by atoms with Crippen molar-refractivity contribution in [3.63, 3.8) is 0 Å². The Morgan fingerprint density at radius 3 is 2.95 bits per heavy atom. The zero-order chi connectivity index (χ0) is 15.5. The van der Waals surface area contributed by atoms with Crippen LogP contribution >= 0.6 is 11.8 Å². The molecule has 1 amide bonds. The number of thioether (sulfide) groups is 1. The van der Waals surface area contributed by atoms with Crippen LogP contribution in [0.3, 0.4) is 0 Å². The fourth-order valence-electron chi connectivity index (χ4n) is 1.96. The molecule has 21 heavy (non-hydrogen) atoms. The Balaban J connectivity index is 2.00. The molecule has 1 aliphatic rings. The maximum absolute atomic E-state index is 12.1. The minimum Gasteiger partial charge on any atom is -0.370 e. The van der Waals surface area contributed by atoms with E-state index in [1.165, 1.54) is 0 Å². The van der Waals surface area contributed by atoms with Crippen LogP contribution in [0.15, 0.2) is 17.2 Å². The second-order valence-electron chi connectivity index (χ2n) is 4.73. The first-order chi connectivity index (χ1) is 9.87. The number of nitrogens with zero attached hydrogens (tertiary/aromatic N) is 2. The van der Waals surface area contributed by atoms with Crippen LogP contribution in [0.5, 0.6) is 0 Å². The van der Waals surface area contributed by atoms with Gasteiger partial charge in [-0.2, -0.15) is 13.2 Å². The van der Waals surface area contributed by atoms with Crippen molar-refractivity contribution in [3.8, 4) is 0 Å². The van der Waals surface area contributed by atoms with E-state index in [9.17, 15) is 18.0 Å². The number of hydrogen-bond donors (Lipinski definition) is 1. The molecule has 0 saturated heterocycles. The Hall–Kier alpha value is -1.44. The average Bonchev–Trinajstić information content (AvgIpc) is 2.55. The molecule has 0 atom stereocenters. The van der Waals surface area contributed by atoms with E-state index in [2.05, 4.69) is 10.3 Å². The summed E-state index contributed by atoms with van der Waals surface area (Å²) >= 11 is 1.56. The van der Waals surface area contributed by atoms with Crippen molar-refractivity contribution in [1.82, 2.24) is 4.98 Å². The van der Waals surface area contributed by atoms with Gasteiger partial charge in [0.2, 0.25) is 5.91 Å². The lowest BCUT2D eigenvalue weighted by molar-refractivity contribution is -0.134. The molecular formula is C13H16F3N3OS. The molecule has 1 N–H and O–H groups in total. The van der Waals surface area contributed by atoms with Crippen LogP contribution in [0.25, 0.3) is 0 Å². The minimum absolute atomic E-state index is 0.00815. The van der Waals surface area contributed by atoms with Crippen LogP contribution in [0.1, 0.15) is 19.3 Å². The fourth-order valence-corrected chi connectivity index (χ4v) is 2.93. The third-order valence-corrected chi connectivity index (χ3v) is 4.13. The molecule has 2 heterocycles. The van der Waals surface area contributed by atoms with E-state index in [0.29, 0.717) is 18.0 Å². The monoisotopic (exact) mass is 319 g/mol. The molecule has 4 nitrogen and oxygen atoms in total. The van der Waals surface area contributed by atoms with E-state index in [0.717, 1.165) is 10.6 Å². The van der Waals surface area contributed by atoms with E-state index in [1.807, 2.05) is 0 Å². The highest BCUT2D eigenvalue weighted by atomic mass is 32.2. The smallest absolute Gasteiger partial charge is 0.370 e. The van der Waals surface area contributed by atoms with Gasteiger partial charge in [0.15, 0.2) is 0 Å². The Bertz CT molecular complexity index is 522. The Labute approximate surface area is 125 Å². The highest BCUT2D eigenvalue weighted by molar-refractivity contribution is 7.99. The minimum atomic E-state index is -4.13. The third kappa shape index (κ3) is 4.52. The van der Waals surface area contributed by atoms with Crippen molar-refractivity contribution >= 4 is 29.2 Å². The Morgan fingerprint density at radius 2 is 2.24 bits per heavy atom. The lowest BCUT2D eigenvalue weighted by atomic mass is 10.3. The summed E-state index contributed by atoms with van der Waals surface area (Å²) < 4.78 is 36.2. The maximum Gasteiger partial charge on any atom is 0.389 e. The number of alkyl halides is 3. The number of halogens is 3. The van der Waals surface area contributed by atoms with E-state index in [4.69, 9.17) is 0 Å². The Morgan fingerprint density at radius 1 is 1.48 bits per heavy atom. The highest BCUT2D eigenvalue weighted by Crippen LogP contribution is 2.34. The first-order valence-corrected chi connectivity index (χ1v) is 7.55. The van der Waals surface area contributed by atoms with E-state index >= 15 is 0 Å². The summed E-state index contributed by atoms with van der Waals surface area (Å²) in [5, 5.41) is 2.86. The number of carbonyl (C=O) groups excluding carboxylic acids is 1. The van der Waals surface area contributed by atoms with Crippen molar-refractivity contribution in [2.45, 2.75) is 30.3 Å². The largest absolute Gasteiger partial charge is 0.389 e. The lowest BCUT2D eigenvalue weighted by Gasteiger charge is -2.18. The number of hydrogen-bond acceptors (Lipinski definition) is 4. The molecular weight excluding hydrogens is 303 g/mol. The molecule has 0 saturated carbocycles. The number of aromatic nitrogens is 1.